The Kier molecular flexibility index (Phi) is 1.45. The van der Waals surface area contributed by atoms with Gasteiger partial charge in [-0.05, 0) is 21.2 Å². The van der Waals surface area contributed by atoms with E-state index in [2.05, 4.69) is 11.7 Å². The summed E-state index contributed by atoms with van der Waals surface area (Å²) in [6.45, 7) is 0. The Balaban J connectivity index is 4.43. The van der Waals surface area contributed by atoms with Crippen LogP contribution in [0.4, 0.5) is 4.79 Å². The molecule has 0 bridgehead atoms. The van der Waals surface area contributed by atoms with E-state index >= 15 is 0 Å². The van der Waals surface area contributed by atoms with Crippen molar-refractivity contribution in [2.24, 2.45) is 0 Å². The van der Waals surface area contributed by atoms with Crippen molar-refractivity contribution in [3.8, 4) is 0 Å². The molecule has 7 heavy (non-hydrogen) atoms. The summed E-state index contributed by atoms with van der Waals surface area (Å²) in [7, 11) is -2.82. The average molecular weight is 122 g/mol. The molecule has 0 saturated carbocycles. The van der Waals surface area contributed by atoms with Crippen LogP contribution in [0.5, 0.6) is 0 Å². The van der Waals surface area contributed by atoms with Gasteiger partial charge in [-0.3, -0.25) is 0 Å². The highest BCUT2D eigenvalue weighted by molar-refractivity contribution is 8.34. The van der Waals surface area contributed by atoms with E-state index in [-0.39, 0.29) is 0 Å². The number of hydrogen-bond donors (Lipinski definition) is 2. The van der Waals surface area contributed by atoms with Crippen LogP contribution in [0.15, 0.2) is 0 Å². The minimum absolute atomic E-state index is 1.34. The van der Waals surface area contributed by atoms with Gasteiger partial charge < -0.3 is 9.66 Å². The number of rotatable bonds is 0. The van der Waals surface area contributed by atoms with Crippen LogP contribution in [0, 0.1) is 0 Å². The molecular weight excluding hydrogens is 116 g/mol. The van der Waals surface area contributed by atoms with Gasteiger partial charge in [0.2, 0.25) is 0 Å². The van der Waals surface area contributed by atoms with Gasteiger partial charge in [-0.15, -0.1) is 0 Å². The van der Waals surface area contributed by atoms with Crippen LogP contribution in [-0.4, -0.2) is 26.7 Å². The van der Waals surface area contributed by atoms with Gasteiger partial charge in [-0.1, -0.05) is 0 Å². The molecule has 0 unspecified atom stereocenters. The lowest BCUT2D eigenvalue weighted by molar-refractivity contribution is 0.220. The van der Waals surface area contributed by atoms with Gasteiger partial charge in [0.25, 0.3) is 0 Å². The fourth-order valence-corrected chi connectivity index (χ4v) is 0. The largest absolute Gasteiger partial charge is 0.472 e. The Morgan fingerprint density at radius 3 is 1.71 bits per heavy atom. The maximum Gasteiger partial charge on any atom is 0.375 e. The number of hydrogen-bond acceptors (Lipinski definition) is 2. The quantitative estimate of drug-likeness (QED) is 0.467. The first-order chi connectivity index (χ1) is 2.94. The molecule has 2 N–H and O–H groups in total. The second-order valence-corrected chi connectivity index (χ2v) is 3.14. The third kappa shape index (κ3) is 2.24. The Morgan fingerprint density at radius 1 is 1.57 bits per heavy atom. The molecule has 4 heteroatoms. The van der Waals surface area contributed by atoms with Crippen molar-refractivity contribution < 1.29 is 14.5 Å². The van der Waals surface area contributed by atoms with Crippen LogP contribution in [0.3, 0.4) is 0 Å². The van der Waals surface area contributed by atoms with Gasteiger partial charge >= 0.3 is 5.30 Å². The molecule has 0 aliphatic rings. The van der Waals surface area contributed by atoms with E-state index in [1.807, 2.05) is 0 Å². The molecule has 0 saturated heterocycles. The molecule has 42 valence electrons. The van der Waals surface area contributed by atoms with E-state index in [1.54, 1.807) is 0 Å². The lowest BCUT2D eigenvalue weighted by atomic mass is 11.6. The Labute approximate surface area is 41.9 Å². The zero-order valence-corrected chi connectivity index (χ0v) is 4.44. The molecule has 0 aromatic carbocycles. The molecule has 3 nitrogen and oxygen atoms in total. The van der Waals surface area contributed by atoms with E-state index in [9.17, 15) is 4.79 Å². The lowest BCUT2D eigenvalue weighted by Gasteiger charge is -1.93. The first kappa shape index (κ1) is 6.52. The second-order valence-electron chi connectivity index (χ2n) is 1.11. The SMILES string of the molecule is C=S(=C)(O)C(=O)O. The predicted molar refractivity (Wildman–Crippen MR) is 32.5 cm³/mol. The van der Waals surface area contributed by atoms with Crippen molar-refractivity contribution in [3.63, 3.8) is 0 Å². The summed E-state index contributed by atoms with van der Waals surface area (Å²) in [6, 6.07) is 0. The lowest BCUT2D eigenvalue weighted by Crippen LogP contribution is -1.89. The molecule has 0 heterocycles. The summed E-state index contributed by atoms with van der Waals surface area (Å²) in [5.74, 6) is 5.80. The van der Waals surface area contributed by atoms with Crippen molar-refractivity contribution in [3.05, 3.63) is 0 Å². The topological polar surface area (TPSA) is 57.5 Å². The van der Waals surface area contributed by atoms with Crippen molar-refractivity contribution in [1.82, 2.24) is 0 Å². The van der Waals surface area contributed by atoms with Crippen molar-refractivity contribution in [2.75, 3.05) is 0 Å². The molecular formula is C3H6O3S. The number of carbonyl (C=O) groups is 1. The minimum atomic E-state index is -2.82. The van der Waals surface area contributed by atoms with Crippen molar-refractivity contribution in [1.29, 1.82) is 0 Å². The maximum atomic E-state index is 9.68. The summed E-state index contributed by atoms with van der Waals surface area (Å²) in [5, 5.41) is 6.57. The first-order valence-corrected chi connectivity index (χ1v) is 3.32. The number of carboxylic acid groups (broad SMARTS) is 1. The highest BCUT2D eigenvalue weighted by Crippen LogP contribution is 2.10. The highest BCUT2D eigenvalue weighted by Gasteiger charge is 1.97. The van der Waals surface area contributed by atoms with Gasteiger partial charge in [0.05, 0.1) is 0 Å². The molecule has 0 aliphatic heterocycles. The highest BCUT2D eigenvalue weighted by atomic mass is 32.2. The normalized spacial score (nSPS) is 11.0. The van der Waals surface area contributed by atoms with Crippen LogP contribution in [0.1, 0.15) is 0 Å². The fraction of sp³-hybridized carbons (Fsp3) is 0. The molecule has 0 fully saturated rings. The van der Waals surface area contributed by atoms with Crippen LogP contribution in [0.2, 0.25) is 0 Å². The zero-order chi connectivity index (χ0) is 6.08. The summed E-state index contributed by atoms with van der Waals surface area (Å²) in [5.41, 5.74) is 0. The first-order valence-electron chi connectivity index (χ1n) is 1.39. The van der Waals surface area contributed by atoms with E-state index in [1.165, 1.54) is 0 Å². The molecule has 0 atom stereocenters. The smallest absolute Gasteiger partial charge is 0.375 e. The van der Waals surface area contributed by atoms with Gasteiger partial charge in [0, 0.05) is 0 Å². The summed E-state index contributed by atoms with van der Waals surface area (Å²) < 4.78 is 8.36. The molecule has 0 aromatic rings. The molecule has 0 aromatic heterocycles. The summed E-state index contributed by atoms with van der Waals surface area (Å²) >= 11 is 0. The average Bonchev–Trinajstić information content (AvgIpc) is 1.31. The van der Waals surface area contributed by atoms with Gasteiger partial charge in [0.1, 0.15) is 0 Å². The Hall–Kier alpha value is -0.480. The zero-order valence-electron chi connectivity index (χ0n) is 3.63. The Bertz CT molecular complexity index is 165. The third-order valence-electron chi connectivity index (χ3n) is 0.325. The van der Waals surface area contributed by atoms with Gasteiger partial charge in [-0.25, -0.2) is 4.79 Å². The molecule has 0 radical (unpaired) electrons. The van der Waals surface area contributed by atoms with Crippen LogP contribution in [0.25, 0.3) is 0 Å². The summed E-state index contributed by atoms with van der Waals surface area (Å²) in [6.07, 6.45) is 0. The predicted octanol–water partition coefficient (Wildman–Crippen LogP) is 0.806. The van der Waals surface area contributed by atoms with E-state index in [0.29, 0.717) is 0 Å². The van der Waals surface area contributed by atoms with Gasteiger partial charge in [-0.2, -0.15) is 0 Å². The molecule has 0 rings (SSSR count). The molecule has 0 aliphatic carbocycles. The van der Waals surface area contributed by atoms with E-state index < -0.39 is 14.8 Å². The standard InChI is InChI=1S/C3H6O3S/c1-7(2,6)3(4)5/h6H,1-2H2,(H,4,5). The molecule has 0 spiro atoms. The van der Waals surface area contributed by atoms with E-state index in [0.717, 1.165) is 0 Å². The van der Waals surface area contributed by atoms with Gasteiger partial charge in [0.15, 0.2) is 0 Å². The summed E-state index contributed by atoms with van der Waals surface area (Å²) in [4.78, 5) is 9.68. The fourth-order valence-electron chi connectivity index (χ4n) is 0. The monoisotopic (exact) mass is 122 g/mol. The Morgan fingerprint density at radius 2 is 1.71 bits per heavy atom. The van der Waals surface area contributed by atoms with Crippen LogP contribution in [-0.2, 0) is 0 Å². The van der Waals surface area contributed by atoms with Crippen molar-refractivity contribution in [2.45, 2.75) is 0 Å². The van der Waals surface area contributed by atoms with Crippen LogP contribution >= 0.6 is 9.49 Å². The van der Waals surface area contributed by atoms with E-state index in [4.69, 9.17) is 9.66 Å². The second kappa shape index (κ2) is 1.55. The molecule has 0 amide bonds. The van der Waals surface area contributed by atoms with Crippen molar-refractivity contribution >= 4 is 26.5 Å². The minimum Gasteiger partial charge on any atom is -0.472 e. The van der Waals surface area contributed by atoms with Crippen LogP contribution < -0.4 is 0 Å². The third-order valence-corrected chi connectivity index (χ3v) is 0.975. The maximum absolute atomic E-state index is 9.68.